The lowest BCUT2D eigenvalue weighted by Gasteiger charge is -2.31. The summed E-state index contributed by atoms with van der Waals surface area (Å²) in [4.78, 5) is 37.9. The fourth-order valence-corrected chi connectivity index (χ4v) is 3.37. The van der Waals surface area contributed by atoms with Crippen LogP contribution >= 0.6 is 0 Å². The van der Waals surface area contributed by atoms with Crippen LogP contribution in [0.15, 0.2) is 25.0 Å². The average Bonchev–Trinajstić information content (AvgIpc) is 3.43. The second kappa shape index (κ2) is 7.38. The minimum absolute atomic E-state index is 0.0242. The number of nitrogens with zero attached hydrogens (tertiary/aromatic N) is 3. The number of amides is 2. The van der Waals surface area contributed by atoms with Gasteiger partial charge in [0.15, 0.2) is 5.65 Å². The highest BCUT2D eigenvalue weighted by molar-refractivity contribution is 6.04. The standard InChI is InChI=1S/C19H24N6O2/c1-2-16(26)25-7-5-13(6-8-25)23-15-11-21-18-17(24-15)14(10-20-18)19(27)22-9-12-3-4-12/h2,10-13H,1,3-9H2,(H,20,21)(H,22,27)(H,23,24). The number of aromatic amines is 1. The van der Waals surface area contributed by atoms with Gasteiger partial charge in [0.25, 0.3) is 5.91 Å². The van der Waals surface area contributed by atoms with Gasteiger partial charge in [-0.15, -0.1) is 0 Å². The molecule has 27 heavy (non-hydrogen) atoms. The number of fused-ring (bicyclic) bond motifs is 1. The highest BCUT2D eigenvalue weighted by Crippen LogP contribution is 2.28. The minimum atomic E-state index is -0.115. The van der Waals surface area contributed by atoms with E-state index in [1.54, 1.807) is 17.3 Å². The number of carbonyl (C=O) groups is 2. The molecule has 2 amide bonds. The van der Waals surface area contributed by atoms with Crippen LogP contribution in [0.5, 0.6) is 0 Å². The number of hydrogen-bond acceptors (Lipinski definition) is 5. The molecule has 2 aromatic rings. The molecule has 0 atom stereocenters. The van der Waals surface area contributed by atoms with Crippen molar-refractivity contribution in [1.29, 1.82) is 0 Å². The molecule has 0 spiro atoms. The molecule has 2 aliphatic rings. The number of anilines is 1. The highest BCUT2D eigenvalue weighted by Gasteiger charge is 2.24. The lowest BCUT2D eigenvalue weighted by atomic mass is 10.1. The predicted molar refractivity (Wildman–Crippen MR) is 102 cm³/mol. The first-order chi connectivity index (χ1) is 13.1. The Labute approximate surface area is 157 Å². The van der Waals surface area contributed by atoms with E-state index in [0.717, 1.165) is 19.4 Å². The molecule has 8 nitrogen and oxygen atoms in total. The van der Waals surface area contributed by atoms with Crippen molar-refractivity contribution in [2.75, 3.05) is 25.0 Å². The smallest absolute Gasteiger partial charge is 0.255 e. The third kappa shape index (κ3) is 3.94. The summed E-state index contributed by atoms with van der Waals surface area (Å²) >= 11 is 0. The van der Waals surface area contributed by atoms with E-state index in [1.165, 1.54) is 18.9 Å². The number of H-pyrrole nitrogens is 1. The van der Waals surface area contributed by atoms with Crippen molar-refractivity contribution in [3.63, 3.8) is 0 Å². The molecule has 0 unspecified atom stereocenters. The van der Waals surface area contributed by atoms with Gasteiger partial charge in [0, 0.05) is 31.9 Å². The minimum Gasteiger partial charge on any atom is -0.366 e. The summed E-state index contributed by atoms with van der Waals surface area (Å²) < 4.78 is 0. The zero-order valence-electron chi connectivity index (χ0n) is 15.2. The second-order valence-electron chi connectivity index (χ2n) is 7.26. The van der Waals surface area contributed by atoms with Gasteiger partial charge in [0.2, 0.25) is 5.91 Å². The van der Waals surface area contributed by atoms with Crippen molar-refractivity contribution in [1.82, 2.24) is 25.2 Å². The SMILES string of the molecule is C=CC(=O)N1CCC(Nc2cnc3[nH]cc(C(=O)NCC4CC4)c3n2)CC1. The molecule has 0 radical (unpaired) electrons. The van der Waals surface area contributed by atoms with Gasteiger partial charge in [-0.3, -0.25) is 9.59 Å². The zero-order chi connectivity index (χ0) is 18.8. The molecule has 1 aliphatic carbocycles. The van der Waals surface area contributed by atoms with Crippen molar-refractivity contribution in [3.05, 3.63) is 30.6 Å². The average molecular weight is 368 g/mol. The summed E-state index contributed by atoms with van der Waals surface area (Å²) in [6, 6.07) is 0.219. The molecule has 3 N–H and O–H groups in total. The Morgan fingerprint density at radius 3 is 2.78 bits per heavy atom. The van der Waals surface area contributed by atoms with E-state index in [4.69, 9.17) is 0 Å². The molecule has 1 saturated carbocycles. The molecule has 142 valence electrons. The van der Waals surface area contributed by atoms with E-state index in [-0.39, 0.29) is 17.9 Å². The normalized spacial score (nSPS) is 17.7. The number of hydrogen-bond donors (Lipinski definition) is 3. The van der Waals surface area contributed by atoms with E-state index in [2.05, 4.69) is 32.2 Å². The van der Waals surface area contributed by atoms with Crippen molar-refractivity contribution in [2.24, 2.45) is 5.92 Å². The van der Waals surface area contributed by atoms with E-state index >= 15 is 0 Å². The molecule has 3 heterocycles. The van der Waals surface area contributed by atoms with E-state index in [9.17, 15) is 9.59 Å². The van der Waals surface area contributed by atoms with Gasteiger partial charge < -0.3 is 20.5 Å². The maximum Gasteiger partial charge on any atom is 0.255 e. The van der Waals surface area contributed by atoms with Crippen molar-refractivity contribution >= 4 is 28.8 Å². The quantitative estimate of drug-likeness (QED) is 0.673. The summed E-state index contributed by atoms with van der Waals surface area (Å²) in [6.45, 7) is 5.64. The number of piperidine rings is 1. The first-order valence-electron chi connectivity index (χ1n) is 9.44. The highest BCUT2D eigenvalue weighted by atomic mass is 16.2. The molecule has 0 bridgehead atoms. The van der Waals surface area contributed by atoms with Crippen LogP contribution in [0, 0.1) is 5.92 Å². The molecule has 2 aromatic heterocycles. The second-order valence-corrected chi connectivity index (χ2v) is 7.26. The van der Waals surface area contributed by atoms with E-state index in [1.807, 2.05) is 0 Å². The lowest BCUT2D eigenvalue weighted by molar-refractivity contribution is -0.126. The summed E-state index contributed by atoms with van der Waals surface area (Å²) in [5, 5.41) is 6.35. The number of likely N-dealkylation sites (tertiary alicyclic amines) is 1. The maximum absolute atomic E-state index is 12.4. The Kier molecular flexibility index (Phi) is 4.79. The third-order valence-corrected chi connectivity index (χ3v) is 5.21. The first kappa shape index (κ1) is 17.5. The topological polar surface area (TPSA) is 103 Å². The fourth-order valence-electron chi connectivity index (χ4n) is 3.37. The van der Waals surface area contributed by atoms with E-state index in [0.29, 0.717) is 41.6 Å². The van der Waals surface area contributed by atoms with Gasteiger partial charge in [-0.25, -0.2) is 9.97 Å². The van der Waals surface area contributed by atoms with Crippen LogP contribution in [0.3, 0.4) is 0 Å². The van der Waals surface area contributed by atoms with Crippen LogP contribution < -0.4 is 10.6 Å². The summed E-state index contributed by atoms with van der Waals surface area (Å²) in [5.41, 5.74) is 1.70. The number of nitrogens with one attached hydrogen (secondary N) is 3. The Morgan fingerprint density at radius 1 is 1.30 bits per heavy atom. The van der Waals surface area contributed by atoms with Gasteiger partial charge in [0.05, 0.1) is 11.8 Å². The Morgan fingerprint density at radius 2 is 2.07 bits per heavy atom. The van der Waals surface area contributed by atoms with Gasteiger partial charge >= 0.3 is 0 Å². The molecule has 8 heteroatoms. The van der Waals surface area contributed by atoms with Crippen LogP contribution in [-0.4, -0.2) is 57.3 Å². The fraction of sp³-hybridized carbons (Fsp3) is 0.474. The summed E-state index contributed by atoms with van der Waals surface area (Å²) in [5.74, 6) is 1.13. The monoisotopic (exact) mass is 368 g/mol. The Bertz CT molecular complexity index is 864. The van der Waals surface area contributed by atoms with Crippen LogP contribution in [-0.2, 0) is 4.79 Å². The summed E-state index contributed by atoms with van der Waals surface area (Å²) in [6.07, 6.45) is 8.75. The molecule has 4 rings (SSSR count). The van der Waals surface area contributed by atoms with Crippen molar-refractivity contribution in [2.45, 2.75) is 31.7 Å². The van der Waals surface area contributed by atoms with Crippen LogP contribution in [0.4, 0.5) is 5.82 Å². The van der Waals surface area contributed by atoms with Crippen LogP contribution in [0.2, 0.25) is 0 Å². The summed E-state index contributed by atoms with van der Waals surface area (Å²) in [7, 11) is 0. The molecule has 1 saturated heterocycles. The van der Waals surface area contributed by atoms with Crippen molar-refractivity contribution in [3.8, 4) is 0 Å². The zero-order valence-corrected chi connectivity index (χ0v) is 15.2. The molecule has 2 fully saturated rings. The van der Waals surface area contributed by atoms with Gasteiger partial charge in [-0.05, 0) is 37.7 Å². The van der Waals surface area contributed by atoms with Crippen LogP contribution in [0.25, 0.3) is 11.2 Å². The maximum atomic E-state index is 12.4. The predicted octanol–water partition coefficient (Wildman–Crippen LogP) is 1.69. The largest absolute Gasteiger partial charge is 0.366 e. The van der Waals surface area contributed by atoms with Crippen LogP contribution in [0.1, 0.15) is 36.0 Å². The lowest BCUT2D eigenvalue weighted by Crippen LogP contribution is -2.41. The first-order valence-corrected chi connectivity index (χ1v) is 9.44. The van der Waals surface area contributed by atoms with Crippen molar-refractivity contribution < 1.29 is 9.59 Å². The van der Waals surface area contributed by atoms with Gasteiger partial charge in [0.1, 0.15) is 11.3 Å². The van der Waals surface area contributed by atoms with Gasteiger partial charge in [-0.1, -0.05) is 6.58 Å². The Hall–Kier alpha value is -2.90. The molecule has 1 aliphatic heterocycles. The Balaban J connectivity index is 1.42. The number of rotatable bonds is 6. The van der Waals surface area contributed by atoms with E-state index < -0.39 is 0 Å². The molecular formula is C19H24N6O2. The third-order valence-electron chi connectivity index (χ3n) is 5.21. The molecule has 0 aromatic carbocycles. The van der Waals surface area contributed by atoms with Gasteiger partial charge in [-0.2, -0.15) is 0 Å². The number of aromatic nitrogens is 3. The molecular weight excluding hydrogens is 344 g/mol. The number of carbonyl (C=O) groups excluding carboxylic acids is 2.